The highest BCUT2D eigenvalue weighted by Crippen LogP contribution is 2.18. The molecule has 2 rings (SSSR count). The molecule has 1 aromatic rings. The lowest BCUT2D eigenvalue weighted by Crippen LogP contribution is -2.14. The molecule has 1 saturated carbocycles. The van der Waals surface area contributed by atoms with Crippen LogP contribution in [0.15, 0.2) is 30.3 Å². The largest absolute Gasteiger partial charge is 0.299 e. The maximum atomic E-state index is 10.8. The van der Waals surface area contributed by atoms with Gasteiger partial charge in [-0.25, -0.2) is 0 Å². The second-order valence-corrected chi connectivity index (χ2v) is 4.14. The minimum absolute atomic E-state index is 0.365. The van der Waals surface area contributed by atoms with Crippen LogP contribution in [0.25, 0.3) is 0 Å². The first-order valence-corrected chi connectivity index (χ1v) is 5.77. The lowest BCUT2D eigenvalue weighted by atomic mass is 9.90. The fourth-order valence-corrected chi connectivity index (χ4v) is 1.69. The highest BCUT2D eigenvalue weighted by Gasteiger charge is 2.16. The van der Waals surface area contributed by atoms with Crippen LogP contribution >= 0.6 is 0 Å². The summed E-state index contributed by atoms with van der Waals surface area (Å²) in [5.41, 5.74) is 0.729. The molecule has 0 heterocycles. The molecular formula is C14H18O2. The molecule has 16 heavy (non-hydrogen) atoms. The summed E-state index contributed by atoms with van der Waals surface area (Å²) in [5.74, 6) is 0.833. The molecule has 0 aliphatic heterocycles. The number of Topliss-reactive ketones (excluding diaryl/α,β-unsaturated/α-hetero) is 1. The van der Waals surface area contributed by atoms with Gasteiger partial charge in [-0.05, 0) is 12.8 Å². The second kappa shape index (κ2) is 6.94. The van der Waals surface area contributed by atoms with E-state index in [9.17, 15) is 9.59 Å². The number of carbonyl (C=O) groups excluding carboxylic acids is 2. The van der Waals surface area contributed by atoms with Crippen molar-refractivity contribution >= 4 is 12.1 Å². The Morgan fingerprint density at radius 2 is 1.88 bits per heavy atom. The third-order valence-corrected chi connectivity index (χ3v) is 2.80. The van der Waals surface area contributed by atoms with E-state index in [4.69, 9.17) is 0 Å². The number of aldehydes is 1. The lowest BCUT2D eigenvalue weighted by molar-refractivity contribution is -0.123. The molecule has 1 aliphatic carbocycles. The lowest BCUT2D eigenvalue weighted by Gasteiger charge is -2.14. The maximum Gasteiger partial charge on any atom is 0.150 e. The third-order valence-electron chi connectivity index (χ3n) is 2.80. The van der Waals surface area contributed by atoms with Gasteiger partial charge in [-0.3, -0.25) is 9.59 Å². The van der Waals surface area contributed by atoms with Crippen LogP contribution in [-0.2, 0) is 4.79 Å². The average Bonchev–Trinajstić information content (AvgIpc) is 2.35. The highest BCUT2D eigenvalue weighted by atomic mass is 16.1. The first-order valence-electron chi connectivity index (χ1n) is 5.77. The zero-order valence-corrected chi connectivity index (χ0v) is 9.69. The molecule has 1 fully saturated rings. The van der Waals surface area contributed by atoms with E-state index in [2.05, 4.69) is 0 Å². The Balaban J connectivity index is 0.000000160. The van der Waals surface area contributed by atoms with Gasteiger partial charge in [-0.1, -0.05) is 43.7 Å². The van der Waals surface area contributed by atoms with Crippen molar-refractivity contribution in [3.05, 3.63) is 35.9 Å². The van der Waals surface area contributed by atoms with Gasteiger partial charge in [0.1, 0.15) is 12.1 Å². The molecule has 1 aliphatic rings. The summed E-state index contributed by atoms with van der Waals surface area (Å²) in [6, 6.07) is 9.10. The van der Waals surface area contributed by atoms with E-state index in [1.165, 1.54) is 6.42 Å². The monoisotopic (exact) mass is 218 g/mol. The number of benzene rings is 1. The summed E-state index contributed by atoms with van der Waals surface area (Å²) in [6.07, 6.45) is 5.18. The maximum absolute atomic E-state index is 10.8. The molecule has 1 unspecified atom stereocenters. The molecule has 0 bridgehead atoms. The van der Waals surface area contributed by atoms with Crippen LogP contribution in [0, 0.1) is 5.92 Å². The van der Waals surface area contributed by atoms with Crippen molar-refractivity contribution in [3.8, 4) is 0 Å². The summed E-state index contributed by atoms with van der Waals surface area (Å²) in [5, 5.41) is 0. The number of ketones is 1. The Morgan fingerprint density at radius 3 is 2.25 bits per heavy atom. The Kier molecular flexibility index (Phi) is 5.48. The van der Waals surface area contributed by atoms with Crippen molar-refractivity contribution in [2.75, 3.05) is 0 Å². The van der Waals surface area contributed by atoms with Gasteiger partial charge in [-0.15, -0.1) is 0 Å². The van der Waals surface area contributed by atoms with Gasteiger partial charge >= 0.3 is 0 Å². The van der Waals surface area contributed by atoms with Crippen molar-refractivity contribution in [1.29, 1.82) is 0 Å². The molecule has 0 N–H and O–H groups in total. The van der Waals surface area contributed by atoms with Crippen molar-refractivity contribution < 1.29 is 9.59 Å². The summed E-state index contributed by atoms with van der Waals surface area (Å²) in [7, 11) is 0. The molecule has 1 atom stereocenters. The standard InChI is InChI=1S/C7H12O.C7H6O/c1-6-4-2-3-5-7(6)8;8-6-7-4-2-1-3-5-7/h6H,2-5H2,1H3;1-6H. The van der Waals surface area contributed by atoms with Crippen LogP contribution in [0.5, 0.6) is 0 Å². The molecule has 2 heteroatoms. The normalized spacial score (nSPS) is 19.6. The van der Waals surface area contributed by atoms with Gasteiger partial charge in [0.15, 0.2) is 0 Å². The van der Waals surface area contributed by atoms with Crippen LogP contribution in [-0.4, -0.2) is 12.1 Å². The van der Waals surface area contributed by atoms with E-state index in [-0.39, 0.29) is 0 Å². The van der Waals surface area contributed by atoms with Gasteiger partial charge in [-0.2, -0.15) is 0 Å². The predicted molar refractivity (Wildman–Crippen MR) is 64.5 cm³/mol. The minimum atomic E-state index is 0.365. The molecule has 0 amide bonds. The Bertz CT molecular complexity index is 330. The van der Waals surface area contributed by atoms with Gasteiger partial charge in [0.05, 0.1) is 0 Å². The van der Waals surface area contributed by atoms with Crippen LogP contribution in [0.4, 0.5) is 0 Å². The third kappa shape index (κ3) is 4.39. The molecule has 0 spiro atoms. The summed E-state index contributed by atoms with van der Waals surface area (Å²) in [4.78, 5) is 20.8. The van der Waals surface area contributed by atoms with Crippen LogP contribution in [0.2, 0.25) is 0 Å². The van der Waals surface area contributed by atoms with E-state index in [1.54, 1.807) is 12.1 Å². The summed E-state index contributed by atoms with van der Waals surface area (Å²) < 4.78 is 0. The van der Waals surface area contributed by atoms with E-state index in [0.717, 1.165) is 31.1 Å². The van der Waals surface area contributed by atoms with Crippen molar-refractivity contribution in [2.45, 2.75) is 32.6 Å². The smallest absolute Gasteiger partial charge is 0.150 e. The first kappa shape index (κ1) is 12.6. The van der Waals surface area contributed by atoms with E-state index in [0.29, 0.717) is 11.7 Å². The summed E-state index contributed by atoms with van der Waals surface area (Å²) >= 11 is 0. The highest BCUT2D eigenvalue weighted by molar-refractivity contribution is 5.81. The number of hydrogen-bond donors (Lipinski definition) is 0. The molecule has 0 aromatic heterocycles. The van der Waals surface area contributed by atoms with E-state index in [1.807, 2.05) is 25.1 Å². The Labute approximate surface area is 96.7 Å². The fraction of sp³-hybridized carbons (Fsp3) is 0.429. The molecular weight excluding hydrogens is 200 g/mol. The minimum Gasteiger partial charge on any atom is -0.299 e. The molecule has 1 aromatic carbocycles. The number of rotatable bonds is 1. The Hall–Kier alpha value is -1.44. The summed E-state index contributed by atoms with van der Waals surface area (Å²) in [6.45, 7) is 2.03. The average molecular weight is 218 g/mol. The van der Waals surface area contributed by atoms with E-state index < -0.39 is 0 Å². The molecule has 2 nitrogen and oxygen atoms in total. The molecule has 86 valence electrons. The van der Waals surface area contributed by atoms with Gasteiger partial charge in [0.25, 0.3) is 0 Å². The van der Waals surface area contributed by atoms with Crippen molar-refractivity contribution in [1.82, 2.24) is 0 Å². The molecule has 0 radical (unpaired) electrons. The number of hydrogen-bond acceptors (Lipinski definition) is 2. The van der Waals surface area contributed by atoms with Crippen LogP contribution < -0.4 is 0 Å². The quantitative estimate of drug-likeness (QED) is 0.678. The Morgan fingerprint density at radius 1 is 1.19 bits per heavy atom. The van der Waals surface area contributed by atoms with Gasteiger partial charge in [0, 0.05) is 17.9 Å². The van der Waals surface area contributed by atoms with Crippen LogP contribution in [0.1, 0.15) is 43.0 Å². The number of carbonyl (C=O) groups is 2. The van der Waals surface area contributed by atoms with Crippen molar-refractivity contribution in [3.63, 3.8) is 0 Å². The van der Waals surface area contributed by atoms with Crippen LogP contribution in [0.3, 0.4) is 0 Å². The van der Waals surface area contributed by atoms with Gasteiger partial charge < -0.3 is 0 Å². The van der Waals surface area contributed by atoms with E-state index >= 15 is 0 Å². The fourth-order valence-electron chi connectivity index (χ4n) is 1.69. The zero-order valence-electron chi connectivity index (χ0n) is 9.69. The SMILES string of the molecule is CC1CCCCC1=O.O=Cc1ccccc1. The topological polar surface area (TPSA) is 34.1 Å². The zero-order chi connectivity index (χ0) is 11.8. The molecule has 0 saturated heterocycles. The van der Waals surface area contributed by atoms with Crippen molar-refractivity contribution in [2.24, 2.45) is 5.92 Å². The predicted octanol–water partition coefficient (Wildman–Crippen LogP) is 3.26. The second-order valence-electron chi connectivity index (χ2n) is 4.14. The van der Waals surface area contributed by atoms with Gasteiger partial charge in [0.2, 0.25) is 0 Å². The first-order chi connectivity index (χ1) is 7.74.